The summed E-state index contributed by atoms with van der Waals surface area (Å²) >= 11 is 0. The van der Waals surface area contributed by atoms with Crippen LogP contribution in [0.25, 0.3) is 0 Å². The highest BCUT2D eigenvalue weighted by atomic mass is 35.5. The first kappa shape index (κ1) is 11.8. The first-order valence-electron chi connectivity index (χ1n) is 2.33. The molecule has 0 aliphatic carbocycles. The molecule has 0 aromatic heterocycles. The van der Waals surface area contributed by atoms with Gasteiger partial charge in [-0.25, -0.2) is 8.78 Å². The van der Waals surface area contributed by atoms with E-state index in [9.17, 15) is 8.78 Å². The fourth-order valence-electron chi connectivity index (χ4n) is 0.256. The molecule has 0 fully saturated rings. The minimum atomic E-state index is -2.37. The van der Waals surface area contributed by atoms with Crippen LogP contribution in [-0.2, 0) is 4.74 Å². The van der Waals surface area contributed by atoms with Crippen LogP contribution < -0.4 is 5.73 Å². The zero-order valence-corrected chi connectivity index (χ0v) is 5.66. The van der Waals surface area contributed by atoms with E-state index >= 15 is 0 Å². The summed E-state index contributed by atoms with van der Waals surface area (Å²) in [5, 5.41) is 0. The molecule has 0 amide bonds. The Labute approximate surface area is 58.8 Å². The molecule has 0 rings (SSSR count). The van der Waals surface area contributed by atoms with E-state index in [2.05, 4.69) is 4.74 Å². The van der Waals surface area contributed by atoms with Gasteiger partial charge >= 0.3 is 0 Å². The molecule has 0 spiro atoms. The molecule has 0 atom stereocenters. The normalized spacial score (nSPS) is 9.33. The van der Waals surface area contributed by atoms with Gasteiger partial charge in [0, 0.05) is 6.54 Å². The van der Waals surface area contributed by atoms with E-state index in [1.807, 2.05) is 0 Å². The fraction of sp³-hybridized carbons (Fsp3) is 1.00. The average molecular weight is 162 g/mol. The Balaban J connectivity index is 0. The second-order valence-corrected chi connectivity index (χ2v) is 1.25. The minimum absolute atomic E-state index is 0. The molecular weight excluding hydrogens is 151 g/mol. The third-order valence-electron chi connectivity index (χ3n) is 0.506. The third kappa shape index (κ3) is 11.6. The van der Waals surface area contributed by atoms with Crippen molar-refractivity contribution in [3.8, 4) is 0 Å². The van der Waals surface area contributed by atoms with E-state index in [1.165, 1.54) is 0 Å². The van der Waals surface area contributed by atoms with E-state index in [-0.39, 0.29) is 19.0 Å². The van der Waals surface area contributed by atoms with Crippen molar-refractivity contribution in [2.45, 2.75) is 6.43 Å². The van der Waals surface area contributed by atoms with Gasteiger partial charge in [0.15, 0.2) is 0 Å². The predicted octanol–water partition coefficient (Wildman–Crippen LogP) is 0.649. The second kappa shape index (κ2) is 8.07. The molecule has 0 heterocycles. The first-order valence-corrected chi connectivity index (χ1v) is 2.33. The predicted molar refractivity (Wildman–Crippen MR) is 33.1 cm³/mol. The van der Waals surface area contributed by atoms with Gasteiger partial charge in [0.1, 0.15) is 6.61 Å². The van der Waals surface area contributed by atoms with Gasteiger partial charge in [-0.2, -0.15) is 0 Å². The summed E-state index contributed by atoms with van der Waals surface area (Å²) in [5.74, 6) is 0. The molecule has 0 aliphatic heterocycles. The lowest BCUT2D eigenvalue weighted by Crippen LogP contribution is -2.12. The lowest BCUT2D eigenvalue weighted by atomic mass is 10.7. The summed E-state index contributed by atoms with van der Waals surface area (Å²) in [6.45, 7) is 0.00819. The van der Waals surface area contributed by atoms with Crippen molar-refractivity contribution in [1.29, 1.82) is 0 Å². The molecule has 58 valence electrons. The zero-order chi connectivity index (χ0) is 6.41. The Morgan fingerprint density at radius 2 is 2.00 bits per heavy atom. The molecule has 0 saturated carbocycles. The molecule has 0 unspecified atom stereocenters. The highest BCUT2D eigenvalue weighted by molar-refractivity contribution is 5.85. The highest BCUT2D eigenvalue weighted by Crippen LogP contribution is 1.90. The maximum absolute atomic E-state index is 11.2. The lowest BCUT2D eigenvalue weighted by molar-refractivity contribution is 0.0206. The van der Waals surface area contributed by atoms with Crippen molar-refractivity contribution in [3.05, 3.63) is 0 Å². The van der Waals surface area contributed by atoms with Gasteiger partial charge in [-0.15, -0.1) is 12.4 Å². The van der Waals surface area contributed by atoms with Gasteiger partial charge in [-0.05, 0) is 0 Å². The van der Waals surface area contributed by atoms with E-state index in [0.717, 1.165) is 0 Å². The van der Waals surface area contributed by atoms with Crippen LogP contribution in [0.4, 0.5) is 8.78 Å². The van der Waals surface area contributed by atoms with Gasteiger partial charge < -0.3 is 10.5 Å². The van der Waals surface area contributed by atoms with Crippen LogP contribution in [-0.4, -0.2) is 26.2 Å². The smallest absolute Gasteiger partial charge is 0.261 e. The molecule has 2 N–H and O–H groups in total. The molecule has 0 radical (unpaired) electrons. The third-order valence-corrected chi connectivity index (χ3v) is 0.506. The van der Waals surface area contributed by atoms with Gasteiger partial charge in [-0.1, -0.05) is 0 Å². The van der Waals surface area contributed by atoms with E-state index < -0.39 is 13.0 Å². The maximum atomic E-state index is 11.2. The van der Waals surface area contributed by atoms with E-state index in [4.69, 9.17) is 5.73 Å². The molecule has 5 heteroatoms. The summed E-state index contributed by atoms with van der Waals surface area (Å²) in [7, 11) is 0. The number of rotatable bonds is 4. The summed E-state index contributed by atoms with van der Waals surface area (Å²) in [6, 6.07) is 0. The Morgan fingerprint density at radius 3 is 2.33 bits per heavy atom. The second-order valence-electron chi connectivity index (χ2n) is 1.25. The fourth-order valence-corrected chi connectivity index (χ4v) is 0.256. The Hall–Kier alpha value is 0.0700. The quantitative estimate of drug-likeness (QED) is 0.615. The Kier molecular flexibility index (Phi) is 10.6. The van der Waals surface area contributed by atoms with Crippen LogP contribution in [0.5, 0.6) is 0 Å². The van der Waals surface area contributed by atoms with E-state index in [1.54, 1.807) is 0 Å². The number of nitrogens with two attached hydrogens (primary N) is 1. The van der Waals surface area contributed by atoms with Crippen LogP contribution in [0.2, 0.25) is 0 Å². The highest BCUT2D eigenvalue weighted by Gasteiger charge is 1.99. The molecule has 0 aromatic rings. The summed E-state index contributed by atoms with van der Waals surface area (Å²) < 4.78 is 26.8. The van der Waals surface area contributed by atoms with Crippen LogP contribution >= 0.6 is 12.4 Å². The minimum Gasteiger partial charge on any atom is -0.374 e. The Bertz CT molecular complexity index is 55.8. The van der Waals surface area contributed by atoms with Crippen LogP contribution in [0, 0.1) is 0 Å². The topological polar surface area (TPSA) is 35.2 Å². The summed E-state index contributed by atoms with van der Waals surface area (Å²) in [6.07, 6.45) is -2.37. The van der Waals surface area contributed by atoms with Crippen molar-refractivity contribution in [2.75, 3.05) is 19.8 Å². The van der Waals surface area contributed by atoms with Gasteiger partial charge in [0.2, 0.25) is 0 Å². The first-order chi connectivity index (χ1) is 3.77. The van der Waals surface area contributed by atoms with Crippen molar-refractivity contribution >= 4 is 12.4 Å². The number of ether oxygens (including phenoxy) is 1. The SMILES string of the molecule is Cl.NCCOCC(F)F. The maximum Gasteiger partial charge on any atom is 0.261 e. The largest absolute Gasteiger partial charge is 0.374 e. The van der Waals surface area contributed by atoms with Crippen LogP contribution in [0.3, 0.4) is 0 Å². The van der Waals surface area contributed by atoms with Crippen molar-refractivity contribution in [2.24, 2.45) is 5.73 Å². The average Bonchev–Trinajstić information content (AvgIpc) is 1.66. The molecule has 0 aliphatic rings. The molecule has 0 saturated heterocycles. The number of alkyl halides is 2. The van der Waals surface area contributed by atoms with Crippen molar-refractivity contribution in [1.82, 2.24) is 0 Å². The number of halogens is 3. The van der Waals surface area contributed by atoms with Crippen molar-refractivity contribution in [3.63, 3.8) is 0 Å². The lowest BCUT2D eigenvalue weighted by Gasteiger charge is -1.98. The summed E-state index contributed by atoms with van der Waals surface area (Å²) in [5.41, 5.74) is 4.94. The summed E-state index contributed by atoms with van der Waals surface area (Å²) in [4.78, 5) is 0. The Morgan fingerprint density at radius 1 is 1.44 bits per heavy atom. The van der Waals surface area contributed by atoms with Gasteiger partial charge in [0.25, 0.3) is 6.43 Å². The molecule has 0 bridgehead atoms. The molecule has 2 nitrogen and oxygen atoms in total. The number of hydrogen-bond acceptors (Lipinski definition) is 2. The monoisotopic (exact) mass is 161 g/mol. The van der Waals surface area contributed by atoms with E-state index in [0.29, 0.717) is 6.54 Å². The molecular formula is C4H10ClF2NO. The van der Waals surface area contributed by atoms with Gasteiger partial charge in [-0.3, -0.25) is 0 Å². The standard InChI is InChI=1S/C4H9F2NO.ClH/c5-4(6)3-8-2-1-7;/h4H,1-3,7H2;1H. The van der Waals surface area contributed by atoms with Crippen LogP contribution in [0.15, 0.2) is 0 Å². The molecule has 0 aromatic carbocycles. The van der Waals surface area contributed by atoms with Crippen molar-refractivity contribution < 1.29 is 13.5 Å². The van der Waals surface area contributed by atoms with Crippen LogP contribution in [0.1, 0.15) is 0 Å². The molecule has 9 heavy (non-hydrogen) atoms. The van der Waals surface area contributed by atoms with Gasteiger partial charge in [0.05, 0.1) is 6.61 Å². The number of hydrogen-bond donors (Lipinski definition) is 1. The zero-order valence-electron chi connectivity index (χ0n) is 4.85.